The highest BCUT2D eigenvalue weighted by molar-refractivity contribution is 5.66. The van der Waals surface area contributed by atoms with Gasteiger partial charge in [0.15, 0.2) is 17.4 Å². The third-order valence-electron chi connectivity index (χ3n) is 8.69. The van der Waals surface area contributed by atoms with Crippen molar-refractivity contribution in [2.24, 2.45) is 17.8 Å². The number of rotatable bonds is 8. The Hall–Kier alpha value is -2.75. The fourth-order valence-corrected chi connectivity index (χ4v) is 6.65. The van der Waals surface area contributed by atoms with Gasteiger partial charge in [-0.2, -0.15) is 0 Å². The largest absolute Gasteiger partial charge is 0.483 e. The Morgan fingerprint density at radius 2 is 1.51 bits per heavy atom. The van der Waals surface area contributed by atoms with E-state index in [2.05, 4.69) is 6.92 Å². The summed E-state index contributed by atoms with van der Waals surface area (Å²) in [5, 5.41) is 0. The number of benzene rings is 3. The Morgan fingerprint density at radius 3 is 2.24 bits per heavy atom. The highest BCUT2D eigenvalue weighted by Crippen LogP contribution is 2.48. The van der Waals surface area contributed by atoms with Crippen LogP contribution in [-0.2, 0) is 6.61 Å². The van der Waals surface area contributed by atoms with E-state index in [-0.39, 0.29) is 17.7 Å². The summed E-state index contributed by atoms with van der Waals surface area (Å²) in [5.41, 5.74) is 2.21. The van der Waals surface area contributed by atoms with Gasteiger partial charge in [-0.1, -0.05) is 75.1 Å². The summed E-state index contributed by atoms with van der Waals surface area (Å²) >= 11 is 0. The summed E-state index contributed by atoms with van der Waals surface area (Å²) in [6.45, 7) is 2.32. The van der Waals surface area contributed by atoms with E-state index in [1.165, 1.54) is 44.9 Å². The number of hydrogen-bond acceptors (Lipinski definition) is 1. The van der Waals surface area contributed by atoms with E-state index in [0.29, 0.717) is 5.92 Å². The molecule has 0 amide bonds. The molecular weight excluding hydrogens is 469 g/mol. The third-order valence-corrected chi connectivity index (χ3v) is 8.69. The van der Waals surface area contributed by atoms with Crippen molar-refractivity contribution in [3.05, 3.63) is 89.2 Å². The van der Waals surface area contributed by atoms with E-state index in [1.54, 1.807) is 12.1 Å². The average Bonchev–Trinajstić information content (AvgIpc) is 2.91. The van der Waals surface area contributed by atoms with Crippen LogP contribution in [0, 0.1) is 35.2 Å². The average molecular weight is 507 g/mol. The van der Waals surface area contributed by atoms with Gasteiger partial charge in [0.25, 0.3) is 0 Å². The van der Waals surface area contributed by atoms with Crippen molar-refractivity contribution in [3.8, 4) is 16.9 Å². The third kappa shape index (κ3) is 6.05. The minimum atomic E-state index is -0.831. The number of unbranched alkanes of at least 4 members (excludes halogenated alkanes) is 1. The van der Waals surface area contributed by atoms with Gasteiger partial charge >= 0.3 is 0 Å². The normalized spacial score (nSPS) is 23.5. The monoisotopic (exact) mass is 506 g/mol. The van der Waals surface area contributed by atoms with E-state index >= 15 is 4.39 Å². The molecule has 4 atom stereocenters. The van der Waals surface area contributed by atoms with Crippen LogP contribution in [0.25, 0.3) is 11.1 Å². The predicted octanol–water partition coefficient (Wildman–Crippen LogP) is 9.84. The maximum Gasteiger partial charge on any atom is 0.191 e. The van der Waals surface area contributed by atoms with Crippen LogP contribution in [0.4, 0.5) is 13.2 Å². The van der Waals surface area contributed by atoms with E-state index in [1.807, 2.05) is 36.4 Å². The number of ether oxygens (including phenoxy) is 1. The standard InChI is InChI=1S/C33H37F3O/c1-2-3-7-22-10-11-25-17-26(13-12-24(25)16-22)27-14-15-29(30(34)18-27)28-19-31(35)33(32(36)20-28)37-21-23-8-5-4-6-9-23/h4-6,8-9,14-15,18-20,22,24-26H,2-3,7,10-13,16-17,21H2,1H3. The van der Waals surface area contributed by atoms with Gasteiger partial charge in [-0.3, -0.25) is 0 Å². The first-order valence-electron chi connectivity index (χ1n) is 14.0. The summed E-state index contributed by atoms with van der Waals surface area (Å²) < 4.78 is 50.2. The van der Waals surface area contributed by atoms with Crippen LogP contribution < -0.4 is 4.74 Å². The summed E-state index contributed by atoms with van der Waals surface area (Å²) in [5.74, 6) is 0.287. The molecule has 4 unspecified atom stereocenters. The van der Waals surface area contributed by atoms with Crippen LogP contribution in [0.15, 0.2) is 60.7 Å². The zero-order valence-electron chi connectivity index (χ0n) is 21.7. The molecule has 0 bridgehead atoms. The van der Waals surface area contributed by atoms with Gasteiger partial charge < -0.3 is 4.74 Å². The molecule has 37 heavy (non-hydrogen) atoms. The van der Waals surface area contributed by atoms with Crippen molar-refractivity contribution in [1.82, 2.24) is 0 Å². The highest BCUT2D eigenvalue weighted by atomic mass is 19.1. The Morgan fingerprint density at radius 1 is 0.784 bits per heavy atom. The molecule has 0 saturated heterocycles. The van der Waals surface area contributed by atoms with Crippen LogP contribution >= 0.6 is 0 Å². The molecule has 2 aliphatic carbocycles. The van der Waals surface area contributed by atoms with Crippen LogP contribution in [0.5, 0.6) is 5.75 Å². The van der Waals surface area contributed by atoms with E-state index in [9.17, 15) is 8.78 Å². The molecule has 2 aliphatic rings. The van der Waals surface area contributed by atoms with Gasteiger partial charge in [0.1, 0.15) is 12.4 Å². The molecule has 0 heterocycles. The maximum absolute atomic E-state index is 15.3. The summed E-state index contributed by atoms with van der Waals surface area (Å²) in [6.07, 6.45) is 11.4. The van der Waals surface area contributed by atoms with Gasteiger partial charge in [0.2, 0.25) is 0 Å². The lowest BCUT2D eigenvalue weighted by atomic mass is 9.63. The second-order valence-electron chi connectivity index (χ2n) is 11.1. The van der Waals surface area contributed by atoms with Crippen LogP contribution in [0.1, 0.15) is 81.8 Å². The highest BCUT2D eigenvalue weighted by Gasteiger charge is 2.36. The second kappa shape index (κ2) is 11.8. The summed E-state index contributed by atoms with van der Waals surface area (Å²) in [4.78, 5) is 0. The van der Waals surface area contributed by atoms with Crippen molar-refractivity contribution in [2.45, 2.75) is 77.2 Å². The van der Waals surface area contributed by atoms with E-state index < -0.39 is 23.2 Å². The molecule has 4 heteroatoms. The topological polar surface area (TPSA) is 9.23 Å². The lowest BCUT2D eigenvalue weighted by molar-refractivity contribution is 0.113. The Labute approximate surface area is 219 Å². The van der Waals surface area contributed by atoms with Gasteiger partial charge in [-0.05, 0) is 90.7 Å². The molecule has 3 aromatic carbocycles. The van der Waals surface area contributed by atoms with Gasteiger partial charge in [-0.15, -0.1) is 0 Å². The van der Waals surface area contributed by atoms with Crippen LogP contribution in [0.3, 0.4) is 0 Å². The predicted molar refractivity (Wildman–Crippen MR) is 143 cm³/mol. The molecule has 0 spiro atoms. The Bertz CT molecular complexity index is 1170. The first-order chi connectivity index (χ1) is 18.0. The first-order valence-corrected chi connectivity index (χ1v) is 14.0. The van der Waals surface area contributed by atoms with Gasteiger partial charge in [-0.25, -0.2) is 13.2 Å². The fraction of sp³-hybridized carbons (Fsp3) is 0.455. The number of fused-ring (bicyclic) bond motifs is 1. The molecule has 5 rings (SSSR count). The van der Waals surface area contributed by atoms with Gasteiger partial charge in [0.05, 0.1) is 0 Å². The molecule has 0 aromatic heterocycles. The van der Waals surface area contributed by atoms with Crippen molar-refractivity contribution < 1.29 is 17.9 Å². The second-order valence-corrected chi connectivity index (χ2v) is 11.1. The van der Waals surface area contributed by atoms with Crippen molar-refractivity contribution >= 4 is 0 Å². The molecule has 3 aromatic rings. The van der Waals surface area contributed by atoms with Crippen LogP contribution in [-0.4, -0.2) is 0 Å². The summed E-state index contributed by atoms with van der Waals surface area (Å²) in [7, 11) is 0. The lowest BCUT2D eigenvalue weighted by Crippen LogP contribution is -2.30. The Kier molecular flexibility index (Phi) is 8.22. The lowest BCUT2D eigenvalue weighted by Gasteiger charge is -2.42. The SMILES string of the molecule is CCCCC1CCC2CC(c3ccc(-c4cc(F)c(OCc5ccccc5)c(F)c4)c(F)c3)CCC2C1. The van der Waals surface area contributed by atoms with E-state index in [0.717, 1.165) is 53.9 Å². The number of halogens is 3. The molecular formula is C33H37F3O. The molecule has 2 saturated carbocycles. The number of hydrogen-bond donors (Lipinski definition) is 0. The minimum absolute atomic E-state index is 0.0553. The van der Waals surface area contributed by atoms with Crippen molar-refractivity contribution in [2.75, 3.05) is 0 Å². The van der Waals surface area contributed by atoms with E-state index in [4.69, 9.17) is 4.74 Å². The van der Waals surface area contributed by atoms with Crippen molar-refractivity contribution in [3.63, 3.8) is 0 Å². The molecule has 0 N–H and O–H groups in total. The minimum Gasteiger partial charge on any atom is -0.483 e. The molecule has 0 aliphatic heterocycles. The first kappa shape index (κ1) is 25.9. The molecule has 196 valence electrons. The maximum atomic E-state index is 15.3. The zero-order valence-corrected chi connectivity index (χ0v) is 21.7. The Balaban J connectivity index is 1.25. The molecule has 2 fully saturated rings. The molecule has 1 nitrogen and oxygen atoms in total. The van der Waals surface area contributed by atoms with Gasteiger partial charge in [0, 0.05) is 5.56 Å². The quantitative estimate of drug-likeness (QED) is 0.295. The summed E-state index contributed by atoms with van der Waals surface area (Å²) in [6, 6.07) is 16.7. The van der Waals surface area contributed by atoms with Crippen LogP contribution in [0.2, 0.25) is 0 Å². The fourth-order valence-electron chi connectivity index (χ4n) is 6.65. The molecule has 0 radical (unpaired) electrons. The smallest absolute Gasteiger partial charge is 0.191 e. The van der Waals surface area contributed by atoms with Crippen molar-refractivity contribution in [1.29, 1.82) is 0 Å². The zero-order chi connectivity index (χ0) is 25.8.